The molecule has 3 rings (SSSR count). The molecule has 3 aromatic rings. The van der Waals surface area contributed by atoms with Crippen molar-refractivity contribution in [3.8, 4) is 17.0 Å². The highest BCUT2D eigenvalue weighted by Gasteiger charge is 2.12. The van der Waals surface area contributed by atoms with E-state index in [9.17, 15) is 14.9 Å². The molecule has 1 aromatic carbocycles. The minimum atomic E-state index is -0.455. The Bertz CT molecular complexity index is 1020. The second kappa shape index (κ2) is 8.77. The van der Waals surface area contributed by atoms with Gasteiger partial charge in [0.25, 0.3) is 0 Å². The second-order valence-electron chi connectivity index (χ2n) is 5.64. The number of nitrogens with zero attached hydrogens (tertiary/aromatic N) is 2. The lowest BCUT2D eigenvalue weighted by molar-refractivity contribution is -0.380. The molecule has 0 atom stereocenters. The molecule has 2 heterocycles. The van der Waals surface area contributed by atoms with Gasteiger partial charge in [0.15, 0.2) is 5.13 Å². The third-order valence-corrected chi connectivity index (χ3v) is 5.55. The summed E-state index contributed by atoms with van der Waals surface area (Å²) in [5.74, 6) is 0.453. The van der Waals surface area contributed by atoms with Crippen LogP contribution in [0.25, 0.3) is 17.3 Å². The molecule has 0 saturated carbocycles. The summed E-state index contributed by atoms with van der Waals surface area (Å²) in [5, 5.41) is 14.0. The Morgan fingerprint density at radius 1 is 1.25 bits per heavy atom. The molecule has 9 heteroatoms. The monoisotopic (exact) mass is 415 g/mol. The van der Waals surface area contributed by atoms with Crippen molar-refractivity contribution in [1.82, 2.24) is 4.98 Å². The number of thiazole rings is 1. The zero-order valence-corrected chi connectivity index (χ0v) is 16.8. The molecule has 7 nitrogen and oxygen atoms in total. The van der Waals surface area contributed by atoms with Crippen molar-refractivity contribution in [2.45, 2.75) is 13.8 Å². The molecule has 1 N–H and O–H groups in total. The Hall–Kier alpha value is -3.04. The quantitative estimate of drug-likeness (QED) is 0.328. The number of carbonyl (C=O) groups excluding carboxylic acids is 1. The number of amides is 1. The van der Waals surface area contributed by atoms with Crippen molar-refractivity contribution in [2.75, 3.05) is 11.9 Å². The maximum atomic E-state index is 12.1. The van der Waals surface area contributed by atoms with E-state index in [1.54, 1.807) is 12.1 Å². The van der Waals surface area contributed by atoms with Crippen LogP contribution in [0.5, 0.6) is 5.75 Å². The molecule has 0 aliphatic heterocycles. The number of nitro groups is 1. The molecule has 1 amide bonds. The van der Waals surface area contributed by atoms with Gasteiger partial charge >= 0.3 is 5.00 Å². The number of carbonyl (C=O) groups is 1. The lowest BCUT2D eigenvalue weighted by atomic mass is 10.1. The van der Waals surface area contributed by atoms with Gasteiger partial charge in [0.2, 0.25) is 5.91 Å². The van der Waals surface area contributed by atoms with E-state index in [0.29, 0.717) is 16.6 Å². The molecule has 0 unspecified atom stereocenters. The van der Waals surface area contributed by atoms with Crippen molar-refractivity contribution >= 4 is 44.8 Å². The van der Waals surface area contributed by atoms with Crippen LogP contribution in [-0.4, -0.2) is 22.4 Å². The molecule has 0 radical (unpaired) electrons. The molecule has 0 aliphatic carbocycles. The Balaban J connectivity index is 1.67. The van der Waals surface area contributed by atoms with Crippen LogP contribution in [0, 0.1) is 17.0 Å². The SMILES string of the molecule is CCOc1ccc(-c2nc(NC(=O)C=Cc3ccc([N+](=O)[O-])s3)sc2C)cc1. The van der Waals surface area contributed by atoms with Gasteiger partial charge < -0.3 is 4.74 Å². The summed E-state index contributed by atoms with van der Waals surface area (Å²) in [7, 11) is 0. The van der Waals surface area contributed by atoms with Crippen LogP contribution < -0.4 is 10.1 Å². The van der Waals surface area contributed by atoms with E-state index >= 15 is 0 Å². The van der Waals surface area contributed by atoms with Crippen molar-refractivity contribution in [3.05, 3.63) is 62.3 Å². The van der Waals surface area contributed by atoms with Gasteiger partial charge in [-0.3, -0.25) is 20.2 Å². The molecule has 0 spiro atoms. The molecule has 2 aromatic heterocycles. The van der Waals surface area contributed by atoms with Crippen LogP contribution in [0.1, 0.15) is 16.7 Å². The van der Waals surface area contributed by atoms with Crippen molar-refractivity contribution in [2.24, 2.45) is 0 Å². The number of benzene rings is 1. The van der Waals surface area contributed by atoms with E-state index < -0.39 is 4.92 Å². The number of aryl methyl sites for hydroxylation is 1. The first-order valence-electron chi connectivity index (χ1n) is 8.40. The maximum Gasteiger partial charge on any atom is 0.324 e. The standard InChI is InChI=1S/C19H17N3O4S2/c1-3-26-14-6-4-13(5-7-14)18-12(2)27-19(21-18)20-16(23)10-8-15-9-11-17(28-15)22(24)25/h4-11H,3H2,1-2H3,(H,20,21,23). The van der Waals surface area contributed by atoms with Gasteiger partial charge in [0.1, 0.15) is 5.75 Å². The lowest BCUT2D eigenvalue weighted by Crippen LogP contribution is -2.07. The topological polar surface area (TPSA) is 94.4 Å². The number of rotatable bonds is 7. The molecular weight excluding hydrogens is 398 g/mol. The highest BCUT2D eigenvalue weighted by molar-refractivity contribution is 7.16. The highest BCUT2D eigenvalue weighted by atomic mass is 32.1. The number of aromatic nitrogens is 1. The number of anilines is 1. The Kier molecular flexibility index (Phi) is 6.17. The van der Waals surface area contributed by atoms with Gasteiger partial charge in [-0.25, -0.2) is 4.98 Å². The molecule has 0 fully saturated rings. The minimum Gasteiger partial charge on any atom is -0.494 e. The van der Waals surface area contributed by atoms with Gasteiger partial charge in [-0.15, -0.1) is 11.3 Å². The first-order valence-corrected chi connectivity index (χ1v) is 10.0. The minimum absolute atomic E-state index is 0.0376. The fourth-order valence-electron chi connectivity index (χ4n) is 2.43. The number of hydrogen-bond acceptors (Lipinski definition) is 7. The lowest BCUT2D eigenvalue weighted by Gasteiger charge is -2.03. The predicted octanol–water partition coefficient (Wildman–Crippen LogP) is 5.14. The third-order valence-electron chi connectivity index (χ3n) is 3.66. The van der Waals surface area contributed by atoms with Crippen molar-refractivity contribution in [1.29, 1.82) is 0 Å². The molecule has 28 heavy (non-hydrogen) atoms. The van der Waals surface area contributed by atoms with Crippen LogP contribution in [0.15, 0.2) is 42.5 Å². The average Bonchev–Trinajstić information content (AvgIpc) is 3.28. The summed E-state index contributed by atoms with van der Waals surface area (Å²) in [6, 6.07) is 10.7. The number of hydrogen-bond donors (Lipinski definition) is 1. The fourth-order valence-corrected chi connectivity index (χ4v) is 3.99. The second-order valence-corrected chi connectivity index (χ2v) is 7.93. The van der Waals surface area contributed by atoms with Crippen LogP contribution in [-0.2, 0) is 4.79 Å². The normalized spacial score (nSPS) is 10.9. The summed E-state index contributed by atoms with van der Waals surface area (Å²) < 4.78 is 5.44. The zero-order chi connectivity index (χ0) is 20.1. The van der Waals surface area contributed by atoms with Crippen LogP contribution in [0.3, 0.4) is 0 Å². The molecule has 0 saturated heterocycles. The van der Waals surface area contributed by atoms with E-state index in [0.717, 1.165) is 33.2 Å². The van der Waals surface area contributed by atoms with Crippen molar-refractivity contribution in [3.63, 3.8) is 0 Å². The fraction of sp³-hybridized carbons (Fsp3) is 0.158. The maximum absolute atomic E-state index is 12.1. The van der Waals surface area contributed by atoms with Gasteiger partial charge in [-0.05, 0) is 50.3 Å². The predicted molar refractivity (Wildman–Crippen MR) is 112 cm³/mol. The molecular formula is C19H17N3O4S2. The number of nitrogens with one attached hydrogen (secondary N) is 1. The van der Waals surface area contributed by atoms with Crippen LogP contribution in [0.4, 0.5) is 10.1 Å². The Morgan fingerprint density at radius 2 is 2.00 bits per heavy atom. The van der Waals surface area contributed by atoms with E-state index in [-0.39, 0.29) is 10.9 Å². The largest absolute Gasteiger partial charge is 0.494 e. The van der Waals surface area contributed by atoms with Gasteiger partial charge in [0.05, 0.1) is 17.2 Å². The summed E-state index contributed by atoms with van der Waals surface area (Å²) in [4.78, 5) is 28.5. The molecule has 144 valence electrons. The van der Waals surface area contributed by atoms with Crippen LogP contribution >= 0.6 is 22.7 Å². The first-order chi connectivity index (χ1) is 13.5. The third kappa shape index (κ3) is 4.81. The number of ether oxygens (including phenoxy) is 1. The summed E-state index contributed by atoms with van der Waals surface area (Å²) in [5.41, 5.74) is 1.75. The molecule has 0 bridgehead atoms. The Labute approximate surface area is 169 Å². The summed E-state index contributed by atoms with van der Waals surface area (Å²) in [6.45, 7) is 4.49. The van der Waals surface area contributed by atoms with Gasteiger partial charge in [-0.2, -0.15) is 0 Å². The van der Waals surface area contributed by atoms with E-state index in [2.05, 4.69) is 10.3 Å². The summed E-state index contributed by atoms with van der Waals surface area (Å²) >= 11 is 2.40. The Morgan fingerprint density at radius 3 is 2.64 bits per heavy atom. The van der Waals surface area contributed by atoms with Gasteiger partial charge in [-0.1, -0.05) is 11.3 Å². The van der Waals surface area contributed by atoms with E-state index in [1.165, 1.54) is 23.5 Å². The highest BCUT2D eigenvalue weighted by Crippen LogP contribution is 2.31. The van der Waals surface area contributed by atoms with Crippen molar-refractivity contribution < 1.29 is 14.5 Å². The summed E-state index contributed by atoms with van der Waals surface area (Å²) in [6.07, 6.45) is 2.88. The number of thiophene rings is 1. The zero-order valence-electron chi connectivity index (χ0n) is 15.2. The smallest absolute Gasteiger partial charge is 0.324 e. The van der Waals surface area contributed by atoms with E-state index in [4.69, 9.17) is 4.74 Å². The molecule has 0 aliphatic rings. The van der Waals surface area contributed by atoms with E-state index in [1.807, 2.05) is 38.1 Å². The van der Waals surface area contributed by atoms with Crippen LogP contribution in [0.2, 0.25) is 0 Å². The van der Waals surface area contributed by atoms with Gasteiger partial charge in [0, 0.05) is 27.5 Å². The average molecular weight is 415 g/mol. The first kappa shape index (κ1) is 19.7.